The molecule has 1 saturated heterocycles. The maximum atomic E-state index is 5.79. The van der Waals surface area contributed by atoms with Crippen molar-refractivity contribution in [2.75, 3.05) is 33.3 Å². The van der Waals surface area contributed by atoms with Crippen molar-refractivity contribution in [1.29, 1.82) is 0 Å². The molecule has 1 unspecified atom stereocenters. The molecule has 0 aliphatic carbocycles. The zero-order chi connectivity index (χ0) is 17.6. The Kier molecular flexibility index (Phi) is 5.58. The number of nitrogens with zero attached hydrogens (tertiary/aromatic N) is 4. The summed E-state index contributed by atoms with van der Waals surface area (Å²) in [7, 11) is 3.80. The number of benzene rings is 1. The maximum absolute atomic E-state index is 5.79. The summed E-state index contributed by atoms with van der Waals surface area (Å²) in [5.74, 6) is 2.38. The summed E-state index contributed by atoms with van der Waals surface area (Å²) in [6.45, 7) is 5.40. The normalized spacial score (nSPS) is 17.8. The molecule has 1 aromatic heterocycles. The van der Waals surface area contributed by atoms with Gasteiger partial charge >= 0.3 is 0 Å². The second-order valence-corrected chi connectivity index (χ2v) is 6.52. The Morgan fingerprint density at radius 2 is 2.32 bits per heavy atom. The zero-order valence-electron chi connectivity index (χ0n) is 15.3. The molecule has 6 heteroatoms. The number of aromatic nitrogens is 2. The molecule has 25 heavy (non-hydrogen) atoms. The average Bonchev–Trinajstić information content (AvgIpc) is 3.24. The number of nitrogens with one attached hydrogen (secondary N) is 1. The molecule has 1 N–H and O–H groups in total. The van der Waals surface area contributed by atoms with E-state index < -0.39 is 0 Å². The Hall–Kier alpha value is -2.50. The molecule has 0 radical (unpaired) electrons. The van der Waals surface area contributed by atoms with Gasteiger partial charge in [0.1, 0.15) is 12.4 Å². The first kappa shape index (κ1) is 17.3. The molecule has 2 aromatic rings. The minimum Gasteiger partial charge on any atom is -0.492 e. The van der Waals surface area contributed by atoms with Gasteiger partial charge in [-0.05, 0) is 36.6 Å². The van der Waals surface area contributed by atoms with Gasteiger partial charge in [-0.3, -0.25) is 9.67 Å². The SMILES string of the molecule is CN=C(NCCOc1cccc(C)c1)N1CCC(c2cnn(C)c2)C1. The van der Waals surface area contributed by atoms with Gasteiger partial charge in [0.15, 0.2) is 5.96 Å². The predicted octanol–water partition coefficient (Wildman–Crippen LogP) is 2.17. The quantitative estimate of drug-likeness (QED) is 0.514. The Labute approximate surface area is 149 Å². The summed E-state index contributed by atoms with van der Waals surface area (Å²) < 4.78 is 7.66. The Bertz CT molecular complexity index is 724. The van der Waals surface area contributed by atoms with Gasteiger partial charge in [0.05, 0.1) is 12.7 Å². The molecule has 134 valence electrons. The topological polar surface area (TPSA) is 54.7 Å². The molecule has 6 nitrogen and oxygen atoms in total. The molecule has 0 spiro atoms. The summed E-state index contributed by atoms with van der Waals surface area (Å²) in [5, 5.41) is 7.69. The lowest BCUT2D eigenvalue weighted by Gasteiger charge is -2.21. The van der Waals surface area contributed by atoms with E-state index in [4.69, 9.17) is 4.74 Å². The molecular formula is C19H27N5O. The number of likely N-dealkylation sites (tertiary alicyclic amines) is 1. The number of hydrogen-bond donors (Lipinski definition) is 1. The smallest absolute Gasteiger partial charge is 0.193 e. The molecule has 3 rings (SSSR count). The van der Waals surface area contributed by atoms with Gasteiger partial charge in [0, 0.05) is 39.3 Å². The van der Waals surface area contributed by atoms with Crippen molar-refractivity contribution in [1.82, 2.24) is 20.0 Å². The first-order valence-corrected chi connectivity index (χ1v) is 8.79. The van der Waals surface area contributed by atoms with Crippen LogP contribution in [0.1, 0.15) is 23.5 Å². The molecule has 0 saturated carbocycles. The van der Waals surface area contributed by atoms with Crippen molar-refractivity contribution in [3.8, 4) is 5.75 Å². The summed E-state index contributed by atoms with van der Waals surface area (Å²) in [4.78, 5) is 6.73. The number of aryl methyl sites for hydroxylation is 2. The van der Waals surface area contributed by atoms with Gasteiger partial charge in [-0.15, -0.1) is 0 Å². The van der Waals surface area contributed by atoms with Crippen LogP contribution in [0, 0.1) is 6.92 Å². The summed E-state index contributed by atoms with van der Waals surface area (Å²) >= 11 is 0. The van der Waals surface area contributed by atoms with E-state index in [-0.39, 0.29) is 0 Å². The third-order valence-electron chi connectivity index (χ3n) is 4.54. The van der Waals surface area contributed by atoms with Crippen molar-refractivity contribution in [3.63, 3.8) is 0 Å². The van der Waals surface area contributed by atoms with Crippen LogP contribution in [0.4, 0.5) is 0 Å². The second-order valence-electron chi connectivity index (χ2n) is 6.52. The number of rotatable bonds is 5. The Morgan fingerprint density at radius 1 is 1.44 bits per heavy atom. The fraction of sp³-hybridized carbons (Fsp3) is 0.474. The van der Waals surface area contributed by atoms with Crippen molar-refractivity contribution in [2.24, 2.45) is 12.0 Å². The molecule has 1 atom stereocenters. The molecule has 1 aliphatic rings. The van der Waals surface area contributed by atoms with E-state index in [1.165, 1.54) is 11.1 Å². The molecule has 1 aromatic carbocycles. The van der Waals surface area contributed by atoms with Crippen LogP contribution in [-0.2, 0) is 7.05 Å². The summed E-state index contributed by atoms with van der Waals surface area (Å²) in [6, 6.07) is 8.12. The maximum Gasteiger partial charge on any atom is 0.193 e. The minimum absolute atomic E-state index is 0.524. The minimum atomic E-state index is 0.524. The monoisotopic (exact) mass is 341 g/mol. The van der Waals surface area contributed by atoms with E-state index >= 15 is 0 Å². The van der Waals surface area contributed by atoms with Crippen molar-refractivity contribution in [3.05, 3.63) is 47.8 Å². The average molecular weight is 341 g/mol. The number of aliphatic imine (C=N–C) groups is 1. The molecule has 0 bridgehead atoms. The highest BCUT2D eigenvalue weighted by molar-refractivity contribution is 5.80. The zero-order valence-corrected chi connectivity index (χ0v) is 15.3. The van der Waals surface area contributed by atoms with Gasteiger partial charge < -0.3 is 15.0 Å². The molecule has 1 aliphatic heterocycles. The van der Waals surface area contributed by atoms with E-state index in [0.29, 0.717) is 12.5 Å². The van der Waals surface area contributed by atoms with Crippen molar-refractivity contribution < 1.29 is 4.74 Å². The van der Waals surface area contributed by atoms with Gasteiger partial charge in [-0.1, -0.05) is 12.1 Å². The molecule has 2 heterocycles. The Morgan fingerprint density at radius 3 is 3.04 bits per heavy atom. The van der Waals surface area contributed by atoms with Crippen LogP contribution in [0.2, 0.25) is 0 Å². The lowest BCUT2D eigenvalue weighted by molar-refractivity contribution is 0.319. The van der Waals surface area contributed by atoms with E-state index in [9.17, 15) is 0 Å². The fourth-order valence-electron chi connectivity index (χ4n) is 3.24. The highest BCUT2D eigenvalue weighted by Crippen LogP contribution is 2.26. The first-order valence-electron chi connectivity index (χ1n) is 8.79. The van der Waals surface area contributed by atoms with Gasteiger partial charge in [0.2, 0.25) is 0 Å². The van der Waals surface area contributed by atoms with Crippen molar-refractivity contribution in [2.45, 2.75) is 19.3 Å². The third kappa shape index (κ3) is 4.53. The summed E-state index contributed by atoms with van der Waals surface area (Å²) in [6.07, 6.45) is 5.21. The predicted molar refractivity (Wildman–Crippen MR) is 100 cm³/mol. The van der Waals surface area contributed by atoms with E-state index in [1.807, 2.05) is 43.2 Å². The molecule has 1 fully saturated rings. The first-order chi connectivity index (χ1) is 12.2. The van der Waals surface area contributed by atoms with Gasteiger partial charge in [-0.2, -0.15) is 5.10 Å². The highest BCUT2D eigenvalue weighted by atomic mass is 16.5. The van der Waals surface area contributed by atoms with Crippen molar-refractivity contribution >= 4 is 5.96 Å². The number of hydrogen-bond acceptors (Lipinski definition) is 3. The molecular weight excluding hydrogens is 314 g/mol. The Balaban J connectivity index is 1.45. The van der Waals surface area contributed by atoms with E-state index in [0.717, 1.165) is 37.8 Å². The van der Waals surface area contributed by atoms with Crippen LogP contribution in [0.3, 0.4) is 0 Å². The largest absolute Gasteiger partial charge is 0.492 e. The van der Waals surface area contributed by atoms with Crippen LogP contribution in [0.5, 0.6) is 5.75 Å². The summed E-state index contributed by atoms with van der Waals surface area (Å²) in [5.41, 5.74) is 2.52. The van der Waals surface area contributed by atoms with Crippen LogP contribution >= 0.6 is 0 Å². The van der Waals surface area contributed by atoms with Gasteiger partial charge in [-0.25, -0.2) is 0 Å². The highest BCUT2D eigenvalue weighted by Gasteiger charge is 2.26. The third-order valence-corrected chi connectivity index (χ3v) is 4.54. The van der Waals surface area contributed by atoms with E-state index in [2.05, 4.69) is 39.5 Å². The van der Waals surface area contributed by atoms with Crippen LogP contribution < -0.4 is 10.1 Å². The van der Waals surface area contributed by atoms with Crippen LogP contribution in [0.25, 0.3) is 0 Å². The lowest BCUT2D eigenvalue weighted by Crippen LogP contribution is -2.41. The fourth-order valence-corrected chi connectivity index (χ4v) is 3.24. The number of ether oxygens (including phenoxy) is 1. The standard InChI is InChI=1S/C19H27N5O/c1-15-5-4-6-18(11-15)25-10-8-21-19(20-2)24-9-7-16(14-24)17-12-22-23(3)13-17/h4-6,11-13,16H,7-10,14H2,1-3H3,(H,20,21). The van der Waals surface area contributed by atoms with Gasteiger partial charge in [0.25, 0.3) is 0 Å². The van der Waals surface area contributed by atoms with E-state index in [1.54, 1.807) is 0 Å². The van der Waals surface area contributed by atoms with Crippen LogP contribution in [-0.4, -0.2) is 53.9 Å². The van der Waals surface area contributed by atoms with Crippen LogP contribution in [0.15, 0.2) is 41.7 Å². The second kappa shape index (κ2) is 8.05. The molecule has 0 amide bonds. The number of guanidine groups is 1. The lowest BCUT2D eigenvalue weighted by atomic mass is 10.0.